The summed E-state index contributed by atoms with van der Waals surface area (Å²) >= 11 is 0. The fourth-order valence-corrected chi connectivity index (χ4v) is 4.29. The molecule has 3 saturated heterocycles. The average molecular weight is 415 g/mol. The lowest BCUT2D eigenvalue weighted by molar-refractivity contribution is -0.185. The molecule has 3 N–H and O–H groups in total. The Balaban J connectivity index is 1.41. The number of ether oxygens (including phenoxy) is 2. The van der Waals surface area contributed by atoms with Crippen molar-refractivity contribution in [2.45, 2.75) is 37.5 Å². The van der Waals surface area contributed by atoms with Gasteiger partial charge < -0.3 is 30.1 Å². The molecule has 0 radical (unpaired) electrons. The van der Waals surface area contributed by atoms with E-state index < -0.39 is 36.6 Å². The van der Waals surface area contributed by atoms with E-state index in [-0.39, 0.29) is 12.5 Å². The molecule has 3 fully saturated rings. The number of hydrogen-bond acceptors (Lipinski definition) is 7. The minimum atomic E-state index is -0.892. The molecule has 0 aromatic heterocycles. The normalized spacial score (nSPS) is 31.1. The zero-order valence-electron chi connectivity index (χ0n) is 16.7. The number of aliphatic hydroxyl groups excluding tert-OH is 1. The highest BCUT2D eigenvalue weighted by molar-refractivity contribution is 5.89. The van der Waals surface area contributed by atoms with Crippen LogP contribution in [-0.4, -0.2) is 90.2 Å². The summed E-state index contributed by atoms with van der Waals surface area (Å²) in [5.74, 6) is 0.0314. The number of piperazine rings is 1. The second-order valence-corrected chi connectivity index (χ2v) is 7.72. The van der Waals surface area contributed by atoms with Gasteiger partial charge in [-0.15, -0.1) is 0 Å². The first-order chi connectivity index (χ1) is 14.5. The molecule has 3 heterocycles. The molecule has 0 unspecified atom stereocenters. The van der Waals surface area contributed by atoms with E-state index in [0.29, 0.717) is 37.4 Å². The number of nitriles is 1. The molecule has 0 saturated carbocycles. The SMILES string of the molecule is CC(=O)N1CCN([C@H]2[C@@H]3OC[C@@H](O3)[C@@H](NC(=O)Nc3cccc(C#N)c3)[C@@H]2O)CC1. The number of anilines is 1. The molecule has 1 aromatic rings. The van der Waals surface area contributed by atoms with E-state index in [2.05, 4.69) is 15.5 Å². The summed E-state index contributed by atoms with van der Waals surface area (Å²) in [6.07, 6.45) is -1.91. The van der Waals surface area contributed by atoms with E-state index in [1.54, 1.807) is 36.1 Å². The molecule has 30 heavy (non-hydrogen) atoms. The third-order valence-corrected chi connectivity index (χ3v) is 5.86. The fraction of sp³-hybridized carbons (Fsp3) is 0.550. The number of aliphatic hydroxyl groups is 1. The smallest absolute Gasteiger partial charge is 0.319 e. The van der Waals surface area contributed by atoms with Gasteiger partial charge in [-0.05, 0) is 18.2 Å². The van der Waals surface area contributed by atoms with E-state index in [4.69, 9.17) is 14.7 Å². The van der Waals surface area contributed by atoms with Gasteiger partial charge in [0.25, 0.3) is 0 Å². The number of urea groups is 1. The van der Waals surface area contributed by atoms with E-state index in [1.165, 1.54) is 0 Å². The summed E-state index contributed by atoms with van der Waals surface area (Å²) in [6, 6.07) is 7.01. The highest BCUT2D eigenvalue weighted by atomic mass is 16.7. The first-order valence-corrected chi connectivity index (χ1v) is 9.98. The molecule has 0 aliphatic carbocycles. The van der Waals surface area contributed by atoms with E-state index in [0.717, 1.165) is 0 Å². The number of benzene rings is 1. The van der Waals surface area contributed by atoms with Gasteiger partial charge in [-0.1, -0.05) is 6.07 Å². The van der Waals surface area contributed by atoms with Crippen molar-refractivity contribution in [3.8, 4) is 6.07 Å². The van der Waals surface area contributed by atoms with E-state index in [1.807, 2.05) is 6.07 Å². The Morgan fingerprint density at radius 1 is 1.27 bits per heavy atom. The van der Waals surface area contributed by atoms with Gasteiger partial charge in [0.05, 0.1) is 36.4 Å². The van der Waals surface area contributed by atoms with Crippen LogP contribution in [0, 0.1) is 11.3 Å². The molecule has 3 aliphatic heterocycles. The molecule has 3 aliphatic rings. The first kappa shape index (κ1) is 20.6. The maximum Gasteiger partial charge on any atom is 0.319 e. The minimum Gasteiger partial charge on any atom is -0.389 e. The maximum atomic E-state index is 12.5. The maximum absolute atomic E-state index is 12.5. The van der Waals surface area contributed by atoms with Crippen molar-refractivity contribution in [1.29, 1.82) is 5.26 Å². The predicted molar refractivity (Wildman–Crippen MR) is 105 cm³/mol. The van der Waals surface area contributed by atoms with Gasteiger partial charge in [0, 0.05) is 38.8 Å². The van der Waals surface area contributed by atoms with Crippen molar-refractivity contribution >= 4 is 17.6 Å². The van der Waals surface area contributed by atoms with Crippen LogP contribution >= 0.6 is 0 Å². The molecule has 160 valence electrons. The monoisotopic (exact) mass is 415 g/mol. The number of amides is 3. The van der Waals surface area contributed by atoms with Gasteiger partial charge in [0.2, 0.25) is 5.91 Å². The Labute approximate surface area is 174 Å². The average Bonchev–Trinajstić information content (AvgIpc) is 3.17. The summed E-state index contributed by atoms with van der Waals surface area (Å²) < 4.78 is 11.7. The number of nitrogens with one attached hydrogen (secondary N) is 2. The van der Waals surface area contributed by atoms with Crippen molar-refractivity contribution < 1.29 is 24.2 Å². The number of hydrogen-bond donors (Lipinski definition) is 3. The molecule has 4 rings (SSSR count). The Hall–Kier alpha value is -2.71. The van der Waals surface area contributed by atoms with Gasteiger partial charge >= 0.3 is 6.03 Å². The largest absolute Gasteiger partial charge is 0.389 e. The van der Waals surface area contributed by atoms with Crippen LogP contribution < -0.4 is 10.6 Å². The Morgan fingerprint density at radius 2 is 2.03 bits per heavy atom. The molecule has 10 heteroatoms. The van der Waals surface area contributed by atoms with Gasteiger partial charge in [-0.2, -0.15) is 5.26 Å². The Bertz CT molecular complexity index is 850. The third kappa shape index (κ3) is 4.11. The van der Waals surface area contributed by atoms with E-state index >= 15 is 0 Å². The summed E-state index contributed by atoms with van der Waals surface area (Å²) in [4.78, 5) is 27.9. The lowest BCUT2D eigenvalue weighted by Gasteiger charge is -2.46. The van der Waals surface area contributed by atoms with Crippen LogP contribution in [0.15, 0.2) is 24.3 Å². The van der Waals surface area contributed by atoms with Crippen LogP contribution in [0.25, 0.3) is 0 Å². The summed E-state index contributed by atoms with van der Waals surface area (Å²) in [7, 11) is 0. The predicted octanol–water partition coefficient (Wildman–Crippen LogP) is -0.303. The molecule has 10 nitrogen and oxygen atoms in total. The minimum absolute atomic E-state index is 0.0314. The van der Waals surface area contributed by atoms with Gasteiger partial charge in [-0.25, -0.2) is 4.79 Å². The zero-order valence-corrected chi connectivity index (χ0v) is 16.7. The second kappa shape index (κ2) is 8.57. The van der Waals surface area contributed by atoms with Crippen molar-refractivity contribution in [3.05, 3.63) is 29.8 Å². The number of carbonyl (C=O) groups excluding carboxylic acids is 2. The number of carbonyl (C=O) groups is 2. The lowest BCUT2D eigenvalue weighted by atomic mass is 9.94. The summed E-state index contributed by atoms with van der Waals surface area (Å²) in [6.45, 7) is 4.15. The molecule has 3 amide bonds. The molecular weight excluding hydrogens is 390 g/mol. The number of nitrogens with zero attached hydrogens (tertiary/aromatic N) is 3. The standard InChI is InChI=1S/C20H25N5O5/c1-12(26)24-5-7-25(8-6-24)17-18(27)16(15-11-29-19(17)30-15)23-20(28)22-14-4-2-3-13(9-14)10-21/h2-4,9,15-19,27H,5-8,11H2,1H3,(H2,22,23,28)/t15-,16-,17-,18+,19-/m1/s1. The Kier molecular flexibility index (Phi) is 5.87. The van der Waals surface area contributed by atoms with Crippen LogP contribution in [-0.2, 0) is 14.3 Å². The fourth-order valence-electron chi connectivity index (χ4n) is 4.29. The highest BCUT2D eigenvalue weighted by Gasteiger charge is 2.52. The summed E-state index contributed by atoms with van der Waals surface area (Å²) in [5.41, 5.74) is 0.917. The lowest BCUT2D eigenvalue weighted by Crippen LogP contribution is -2.67. The quantitative estimate of drug-likeness (QED) is 0.618. The molecule has 2 bridgehead atoms. The number of fused-ring (bicyclic) bond motifs is 2. The highest BCUT2D eigenvalue weighted by Crippen LogP contribution is 2.32. The van der Waals surface area contributed by atoms with Crippen molar-refractivity contribution in [2.24, 2.45) is 0 Å². The van der Waals surface area contributed by atoms with Crippen LogP contribution in [0.1, 0.15) is 12.5 Å². The van der Waals surface area contributed by atoms with Crippen LogP contribution in [0.3, 0.4) is 0 Å². The molecule has 1 aromatic carbocycles. The second-order valence-electron chi connectivity index (χ2n) is 7.72. The summed E-state index contributed by atoms with van der Waals surface area (Å²) in [5, 5.41) is 25.5. The van der Waals surface area contributed by atoms with Crippen LogP contribution in [0.5, 0.6) is 0 Å². The van der Waals surface area contributed by atoms with Gasteiger partial charge in [0.15, 0.2) is 6.29 Å². The molecule has 5 atom stereocenters. The Morgan fingerprint density at radius 3 is 2.73 bits per heavy atom. The van der Waals surface area contributed by atoms with E-state index in [9.17, 15) is 14.7 Å². The third-order valence-electron chi connectivity index (χ3n) is 5.86. The van der Waals surface area contributed by atoms with Crippen molar-refractivity contribution in [1.82, 2.24) is 15.1 Å². The first-order valence-electron chi connectivity index (χ1n) is 9.98. The number of rotatable bonds is 3. The van der Waals surface area contributed by atoms with Crippen molar-refractivity contribution in [2.75, 3.05) is 38.1 Å². The molecular formula is C20H25N5O5. The van der Waals surface area contributed by atoms with Gasteiger partial charge in [0.1, 0.15) is 6.10 Å². The topological polar surface area (TPSA) is 127 Å². The van der Waals surface area contributed by atoms with Crippen molar-refractivity contribution in [3.63, 3.8) is 0 Å². The molecule has 0 spiro atoms. The zero-order chi connectivity index (χ0) is 21.3. The van der Waals surface area contributed by atoms with Gasteiger partial charge in [-0.3, -0.25) is 9.69 Å². The van der Waals surface area contributed by atoms with Crippen LogP contribution in [0.2, 0.25) is 0 Å². The van der Waals surface area contributed by atoms with Crippen LogP contribution in [0.4, 0.5) is 10.5 Å².